The van der Waals surface area contributed by atoms with Crippen LogP contribution in [0.5, 0.6) is 0 Å². The minimum atomic E-state index is 0.929. The van der Waals surface area contributed by atoms with Gasteiger partial charge in [-0.1, -0.05) is 18.7 Å². The van der Waals surface area contributed by atoms with Gasteiger partial charge in [0.15, 0.2) is 5.17 Å². The van der Waals surface area contributed by atoms with Gasteiger partial charge in [-0.15, -0.1) is 23.1 Å². The molecule has 0 unspecified atom stereocenters. The lowest BCUT2D eigenvalue weighted by Gasteiger charge is -2.18. The molecule has 2 aromatic rings. The summed E-state index contributed by atoms with van der Waals surface area (Å²) in [6.45, 7) is 4.20. The summed E-state index contributed by atoms with van der Waals surface area (Å²) >= 11 is 5.53. The summed E-state index contributed by atoms with van der Waals surface area (Å²) in [4.78, 5) is 9.86. The summed E-state index contributed by atoms with van der Waals surface area (Å²) in [6.07, 6.45) is 3.23. The summed E-state index contributed by atoms with van der Waals surface area (Å²) in [7, 11) is 0. The van der Waals surface area contributed by atoms with Crippen LogP contribution in [0.4, 0.5) is 0 Å². The second-order valence-electron chi connectivity index (χ2n) is 5.06. The van der Waals surface area contributed by atoms with Crippen molar-refractivity contribution in [2.45, 2.75) is 18.2 Å². The van der Waals surface area contributed by atoms with Crippen LogP contribution in [0.25, 0.3) is 15.8 Å². The van der Waals surface area contributed by atoms with Crippen LogP contribution in [0.3, 0.4) is 0 Å². The van der Waals surface area contributed by atoms with Crippen molar-refractivity contribution in [3.05, 3.63) is 34.0 Å². The molecule has 2 aliphatic heterocycles. The lowest BCUT2D eigenvalue weighted by molar-refractivity contribution is 0.647. The Bertz CT molecular complexity index is 773. The molecular weight excluding hydrogens is 316 g/mol. The molecule has 0 saturated heterocycles. The molecule has 4 rings (SSSR count). The molecule has 2 aliphatic rings. The summed E-state index contributed by atoms with van der Waals surface area (Å²) in [5.74, 6) is 0. The first-order valence-corrected chi connectivity index (χ1v) is 10.0. The molecule has 0 saturated carbocycles. The Morgan fingerprint density at radius 1 is 1.38 bits per heavy atom. The number of benzene rings is 1. The van der Waals surface area contributed by atoms with Crippen LogP contribution >= 0.6 is 34.9 Å². The third kappa shape index (κ3) is 2.14. The molecule has 0 amide bonds. The van der Waals surface area contributed by atoms with E-state index in [4.69, 9.17) is 0 Å². The Labute approximate surface area is 137 Å². The fourth-order valence-corrected chi connectivity index (χ4v) is 5.42. The van der Waals surface area contributed by atoms with Crippen molar-refractivity contribution in [3.8, 4) is 0 Å². The maximum atomic E-state index is 4.64. The van der Waals surface area contributed by atoms with Crippen LogP contribution < -0.4 is 0 Å². The van der Waals surface area contributed by atoms with Gasteiger partial charge in [0, 0.05) is 26.6 Å². The van der Waals surface area contributed by atoms with Crippen LogP contribution in [-0.2, 0) is 0 Å². The van der Waals surface area contributed by atoms with Crippen LogP contribution in [-0.4, -0.2) is 29.4 Å². The predicted octanol–water partition coefficient (Wildman–Crippen LogP) is 5.12. The van der Waals surface area contributed by atoms with Gasteiger partial charge in [0.25, 0.3) is 0 Å². The van der Waals surface area contributed by atoms with Crippen LogP contribution in [0.1, 0.15) is 18.9 Å². The van der Waals surface area contributed by atoms with Gasteiger partial charge in [-0.25, -0.2) is 0 Å². The van der Waals surface area contributed by atoms with Crippen molar-refractivity contribution in [2.75, 3.05) is 19.3 Å². The van der Waals surface area contributed by atoms with Gasteiger partial charge in [0.05, 0.1) is 12.2 Å². The number of allylic oxidation sites excluding steroid dienone is 1. The second-order valence-corrected chi connectivity index (χ2v) is 7.92. The Balaban J connectivity index is 1.96. The molecular formula is C16H16N2S3. The molecule has 5 heteroatoms. The number of amidine groups is 1. The summed E-state index contributed by atoms with van der Waals surface area (Å²) in [5, 5.41) is 4.76. The van der Waals surface area contributed by atoms with E-state index in [1.165, 1.54) is 36.3 Å². The largest absolute Gasteiger partial charge is 0.318 e. The molecule has 2 nitrogen and oxygen atoms in total. The van der Waals surface area contributed by atoms with Crippen molar-refractivity contribution in [3.63, 3.8) is 0 Å². The average Bonchev–Trinajstić information content (AvgIpc) is 3.20. The van der Waals surface area contributed by atoms with Crippen LogP contribution in [0.15, 0.2) is 38.4 Å². The number of aliphatic imine (C=N–C) groups is 1. The first kappa shape index (κ1) is 13.7. The Hall–Kier alpha value is -0.910. The third-order valence-corrected chi connectivity index (χ3v) is 6.82. The van der Waals surface area contributed by atoms with E-state index in [2.05, 4.69) is 46.7 Å². The molecule has 0 fully saturated rings. The molecule has 0 aliphatic carbocycles. The summed E-state index contributed by atoms with van der Waals surface area (Å²) < 4.78 is 1.41. The predicted molar refractivity (Wildman–Crippen MR) is 97.4 cm³/mol. The summed E-state index contributed by atoms with van der Waals surface area (Å²) in [5.41, 5.74) is 2.80. The number of rotatable bonds is 3. The van der Waals surface area contributed by atoms with Crippen molar-refractivity contribution in [1.82, 2.24) is 4.90 Å². The van der Waals surface area contributed by atoms with E-state index in [1.54, 1.807) is 0 Å². The van der Waals surface area contributed by atoms with Crippen molar-refractivity contribution in [1.29, 1.82) is 0 Å². The van der Waals surface area contributed by atoms with E-state index in [9.17, 15) is 0 Å². The molecule has 3 heterocycles. The Morgan fingerprint density at radius 3 is 3.10 bits per heavy atom. The van der Waals surface area contributed by atoms with Gasteiger partial charge in [-0.05, 0) is 41.6 Å². The van der Waals surface area contributed by atoms with Crippen molar-refractivity contribution >= 4 is 55.8 Å². The van der Waals surface area contributed by atoms with Crippen molar-refractivity contribution < 1.29 is 0 Å². The van der Waals surface area contributed by atoms with E-state index < -0.39 is 0 Å². The van der Waals surface area contributed by atoms with E-state index in [1.807, 2.05) is 34.9 Å². The molecule has 0 spiro atoms. The number of fused-ring (bicyclic) bond motifs is 2. The maximum absolute atomic E-state index is 4.64. The Kier molecular flexibility index (Phi) is 3.52. The SMILES string of the molecule is CCC1=C(c2cc(SC)cc3ccsc23)N2CCN=C2S1. The monoisotopic (exact) mass is 332 g/mol. The number of hydrogen-bond acceptors (Lipinski definition) is 5. The fourth-order valence-electron chi connectivity index (χ4n) is 2.91. The van der Waals surface area contributed by atoms with Gasteiger partial charge in [-0.2, -0.15) is 0 Å². The molecule has 0 atom stereocenters. The maximum Gasteiger partial charge on any atom is 0.168 e. The minimum Gasteiger partial charge on any atom is -0.318 e. The highest BCUT2D eigenvalue weighted by molar-refractivity contribution is 8.17. The van der Waals surface area contributed by atoms with Crippen molar-refractivity contribution in [2.24, 2.45) is 4.99 Å². The smallest absolute Gasteiger partial charge is 0.168 e. The number of thioether (sulfide) groups is 2. The normalized spacial score (nSPS) is 17.8. The average molecular weight is 333 g/mol. The topological polar surface area (TPSA) is 15.6 Å². The van der Waals surface area contributed by atoms with Gasteiger partial charge < -0.3 is 4.90 Å². The highest BCUT2D eigenvalue weighted by Gasteiger charge is 2.33. The molecule has 0 bridgehead atoms. The fraction of sp³-hybridized carbons (Fsp3) is 0.312. The molecule has 1 aromatic heterocycles. The van der Waals surface area contributed by atoms with E-state index in [-0.39, 0.29) is 0 Å². The highest BCUT2D eigenvalue weighted by Crippen LogP contribution is 2.46. The highest BCUT2D eigenvalue weighted by atomic mass is 32.2. The lowest BCUT2D eigenvalue weighted by atomic mass is 10.1. The molecule has 1 aromatic carbocycles. The first-order valence-electron chi connectivity index (χ1n) is 7.10. The Morgan fingerprint density at radius 2 is 2.29 bits per heavy atom. The first-order chi connectivity index (χ1) is 10.3. The van der Waals surface area contributed by atoms with E-state index in [0.29, 0.717) is 0 Å². The van der Waals surface area contributed by atoms with E-state index in [0.717, 1.165) is 19.5 Å². The zero-order chi connectivity index (χ0) is 14.4. The summed E-state index contributed by atoms with van der Waals surface area (Å²) in [6, 6.07) is 6.89. The molecule has 108 valence electrons. The zero-order valence-electron chi connectivity index (χ0n) is 12.0. The number of thiophene rings is 1. The number of nitrogens with zero attached hydrogens (tertiary/aromatic N) is 2. The minimum absolute atomic E-state index is 0.929. The number of hydrogen-bond donors (Lipinski definition) is 0. The molecule has 21 heavy (non-hydrogen) atoms. The quantitative estimate of drug-likeness (QED) is 0.726. The third-order valence-electron chi connectivity index (χ3n) is 3.89. The van der Waals surface area contributed by atoms with Gasteiger partial charge >= 0.3 is 0 Å². The van der Waals surface area contributed by atoms with Crippen LogP contribution in [0.2, 0.25) is 0 Å². The van der Waals surface area contributed by atoms with E-state index >= 15 is 0 Å². The molecule has 0 N–H and O–H groups in total. The van der Waals surface area contributed by atoms with Gasteiger partial charge in [0.1, 0.15) is 0 Å². The van der Waals surface area contributed by atoms with Gasteiger partial charge in [-0.3, -0.25) is 4.99 Å². The van der Waals surface area contributed by atoms with Crippen LogP contribution in [0, 0.1) is 0 Å². The standard InChI is InChI=1S/C16H16N2S3/c1-3-13-14(18-6-5-17-16(18)21-13)12-9-11(19-2)8-10-4-7-20-15(10)12/h4,7-9H,3,5-6H2,1-2H3. The van der Waals surface area contributed by atoms with Gasteiger partial charge in [0.2, 0.25) is 0 Å². The molecule has 0 radical (unpaired) electrons. The second kappa shape index (κ2) is 5.38. The lowest BCUT2D eigenvalue weighted by Crippen LogP contribution is -2.20. The zero-order valence-corrected chi connectivity index (χ0v) is 14.5.